The number of likely N-dealkylation sites (N-methyl/N-ethyl adjacent to an activating group) is 1. The average Bonchev–Trinajstić information content (AvgIpc) is 3.05. The van der Waals surface area contributed by atoms with Gasteiger partial charge in [-0.15, -0.1) is 0 Å². The van der Waals surface area contributed by atoms with Crippen molar-refractivity contribution in [3.63, 3.8) is 0 Å². The van der Waals surface area contributed by atoms with E-state index in [1.54, 1.807) is 23.4 Å². The first-order valence-electron chi connectivity index (χ1n) is 7.03. The van der Waals surface area contributed by atoms with E-state index in [9.17, 15) is 4.79 Å². The summed E-state index contributed by atoms with van der Waals surface area (Å²) in [5, 5.41) is 3.85. The van der Waals surface area contributed by atoms with Crippen LogP contribution in [0.25, 0.3) is 11.4 Å². The number of nitrogens with zero attached hydrogens (tertiary/aromatic N) is 5. The van der Waals surface area contributed by atoms with Crippen molar-refractivity contribution >= 4 is 5.91 Å². The van der Waals surface area contributed by atoms with E-state index >= 15 is 0 Å². The van der Waals surface area contributed by atoms with Crippen LogP contribution < -0.4 is 0 Å². The molecule has 0 unspecified atom stereocenters. The Bertz CT molecular complexity index is 605. The molecule has 0 spiro atoms. The molecule has 1 fully saturated rings. The van der Waals surface area contributed by atoms with Gasteiger partial charge in [-0.2, -0.15) is 4.98 Å². The lowest BCUT2D eigenvalue weighted by Crippen LogP contribution is -2.48. The van der Waals surface area contributed by atoms with Crippen molar-refractivity contribution in [2.75, 3.05) is 32.7 Å². The monoisotopic (exact) mass is 287 g/mol. The zero-order valence-electron chi connectivity index (χ0n) is 11.9. The minimum atomic E-state index is -0.201. The summed E-state index contributed by atoms with van der Waals surface area (Å²) in [6.45, 7) is 6.27. The van der Waals surface area contributed by atoms with Gasteiger partial charge in [-0.1, -0.05) is 12.1 Å². The molecule has 0 saturated carbocycles. The predicted octanol–water partition coefficient (Wildman–Crippen LogP) is 0.909. The number of pyridine rings is 1. The quantitative estimate of drug-likeness (QED) is 0.835. The lowest BCUT2D eigenvalue weighted by molar-refractivity contribution is 0.0595. The number of piperazine rings is 1. The van der Waals surface area contributed by atoms with Crippen molar-refractivity contribution in [2.24, 2.45) is 0 Å². The number of carbonyl (C=O) groups is 1. The Kier molecular flexibility index (Phi) is 3.92. The van der Waals surface area contributed by atoms with E-state index in [1.807, 2.05) is 6.07 Å². The molecule has 0 atom stereocenters. The highest BCUT2D eigenvalue weighted by Gasteiger charge is 2.25. The van der Waals surface area contributed by atoms with Gasteiger partial charge in [0.2, 0.25) is 5.82 Å². The number of hydrogen-bond donors (Lipinski definition) is 0. The highest BCUT2D eigenvalue weighted by molar-refractivity contribution is 5.90. The molecule has 1 aliphatic heterocycles. The second-order valence-electron chi connectivity index (χ2n) is 4.89. The van der Waals surface area contributed by atoms with Crippen LogP contribution in [0.1, 0.15) is 17.6 Å². The third-order valence-electron chi connectivity index (χ3n) is 3.64. The van der Waals surface area contributed by atoms with E-state index in [1.165, 1.54) is 0 Å². The molecule has 0 N–H and O–H groups in total. The summed E-state index contributed by atoms with van der Waals surface area (Å²) in [5.74, 6) is 0.228. The Morgan fingerprint density at radius 1 is 1.33 bits per heavy atom. The Labute approximate surface area is 122 Å². The van der Waals surface area contributed by atoms with Crippen LogP contribution in [0.5, 0.6) is 0 Å². The van der Waals surface area contributed by atoms with Crippen LogP contribution in [-0.4, -0.2) is 63.6 Å². The lowest BCUT2D eigenvalue weighted by Gasteiger charge is -2.33. The smallest absolute Gasteiger partial charge is 0.316 e. The normalized spacial score (nSPS) is 16.1. The van der Waals surface area contributed by atoms with Gasteiger partial charge in [0.1, 0.15) is 0 Å². The largest absolute Gasteiger partial charge is 0.332 e. The fourth-order valence-corrected chi connectivity index (χ4v) is 2.33. The molecule has 0 aliphatic carbocycles. The lowest BCUT2D eigenvalue weighted by atomic mass is 10.3. The number of hydrogen-bond acceptors (Lipinski definition) is 6. The molecular formula is C14H17N5O2. The number of carbonyl (C=O) groups excluding carboxylic acids is 1. The van der Waals surface area contributed by atoms with E-state index in [2.05, 4.69) is 26.9 Å². The number of aromatic nitrogens is 3. The van der Waals surface area contributed by atoms with E-state index in [0.29, 0.717) is 18.9 Å². The fourth-order valence-electron chi connectivity index (χ4n) is 2.33. The maximum absolute atomic E-state index is 12.3. The number of amides is 1. The second kappa shape index (κ2) is 6.01. The zero-order valence-corrected chi connectivity index (χ0v) is 11.9. The van der Waals surface area contributed by atoms with Crippen molar-refractivity contribution in [2.45, 2.75) is 6.92 Å². The molecule has 3 heterocycles. The molecule has 110 valence electrons. The van der Waals surface area contributed by atoms with Crippen LogP contribution in [0.4, 0.5) is 0 Å². The second-order valence-corrected chi connectivity index (χ2v) is 4.89. The van der Waals surface area contributed by atoms with E-state index < -0.39 is 0 Å². The number of rotatable bonds is 3. The summed E-state index contributed by atoms with van der Waals surface area (Å²) in [5.41, 5.74) is 0.733. The van der Waals surface area contributed by atoms with Crippen LogP contribution in [-0.2, 0) is 0 Å². The van der Waals surface area contributed by atoms with Crippen LogP contribution in [0.15, 0.2) is 29.0 Å². The molecular weight excluding hydrogens is 270 g/mol. The van der Waals surface area contributed by atoms with Gasteiger partial charge in [-0.05, 0) is 18.7 Å². The molecule has 3 rings (SSSR count). The van der Waals surface area contributed by atoms with Gasteiger partial charge in [-0.3, -0.25) is 9.78 Å². The molecule has 7 nitrogen and oxygen atoms in total. The third kappa shape index (κ3) is 2.92. The molecule has 1 amide bonds. The van der Waals surface area contributed by atoms with Crippen LogP contribution >= 0.6 is 0 Å². The highest BCUT2D eigenvalue weighted by Crippen LogP contribution is 2.15. The Balaban J connectivity index is 1.70. The minimum absolute atomic E-state index is 0.0406. The zero-order chi connectivity index (χ0) is 14.7. The molecule has 7 heteroatoms. The average molecular weight is 287 g/mol. The first kappa shape index (κ1) is 13.7. The van der Waals surface area contributed by atoms with Crippen LogP contribution in [0.3, 0.4) is 0 Å². The summed E-state index contributed by atoms with van der Waals surface area (Å²) in [6, 6.07) is 3.61. The maximum atomic E-state index is 12.3. The Morgan fingerprint density at radius 3 is 2.81 bits per heavy atom. The van der Waals surface area contributed by atoms with Crippen molar-refractivity contribution in [1.82, 2.24) is 24.9 Å². The van der Waals surface area contributed by atoms with Crippen molar-refractivity contribution in [3.05, 3.63) is 30.4 Å². The standard InChI is InChI=1S/C14H17N5O2/c1-2-18-6-8-19(9-7-18)14(20)13-16-12(17-21-13)11-4-3-5-15-10-11/h3-5,10H,2,6-9H2,1H3. The molecule has 21 heavy (non-hydrogen) atoms. The van der Waals surface area contributed by atoms with E-state index in [0.717, 1.165) is 25.2 Å². The molecule has 1 saturated heterocycles. The minimum Gasteiger partial charge on any atom is -0.332 e. The molecule has 0 bridgehead atoms. The summed E-state index contributed by atoms with van der Waals surface area (Å²) in [4.78, 5) is 24.6. The molecule has 2 aromatic rings. The van der Waals surface area contributed by atoms with E-state index in [-0.39, 0.29) is 11.8 Å². The molecule has 0 aromatic carbocycles. The van der Waals surface area contributed by atoms with Gasteiger partial charge in [0.25, 0.3) is 0 Å². The summed E-state index contributed by atoms with van der Waals surface area (Å²) < 4.78 is 5.09. The maximum Gasteiger partial charge on any atom is 0.316 e. The Hall–Kier alpha value is -2.28. The third-order valence-corrected chi connectivity index (χ3v) is 3.64. The van der Waals surface area contributed by atoms with Gasteiger partial charge in [0, 0.05) is 44.1 Å². The summed E-state index contributed by atoms with van der Waals surface area (Å²) >= 11 is 0. The summed E-state index contributed by atoms with van der Waals surface area (Å²) in [7, 11) is 0. The van der Waals surface area contributed by atoms with Gasteiger partial charge in [-0.25, -0.2) is 0 Å². The van der Waals surface area contributed by atoms with Crippen molar-refractivity contribution in [3.8, 4) is 11.4 Å². The van der Waals surface area contributed by atoms with Gasteiger partial charge in [0.15, 0.2) is 0 Å². The molecule has 1 aliphatic rings. The predicted molar refractivity (Wildman–Crippen MR) is 75.5 cm³/mol. The van der Waals surface area contributed by atoms with Gasteiger partial charge < -0.3 is 14.3 Å². The SMILES string of the molecule is CCN1CCN(C(=O)c2nc(-c3cccnc3)no2)CC1. The van der Waals surface area contributed by atoms with Crippen LogP contribution in [0.2, 0.25) is 0 Å². The van der Waals surface area contributed by atoms with Gasteiger partial charge in [0.05, 0.1) is 0 Å². The first-order chi connectivity index (χ1) is 10.3. The first-order valence-corrected chi connectivity index (χ1v) is 7.03. The Morgan fingerprint density at radius 2 is 2.14 bits per heavy atom. The molecule has 0 radical (unpaired) electrons. The van der Waals surface area contributed by atoms with Crippen molar-refractivity contribution < 1.29 is 9.32 Å². The van der Waals surface area contributed by atoms with E-state index in [4.69, 9.17) is 4.52 Å². The summed E-state index contributed by atoms with van der Waals surface area (Å²) in [6.07, 6.45) is 3.31. The van der Waals surface area contributed by atoms with Crippen LogP contribution in [0, 0.1) is 0 Å². The fraction of sp³-hybridized carbons (Fsp3) is 0.429. The van der Waals surface area contributed by atoms with Gasteiger partial charge >= 0.3 is 11.8 Å². The molecule has 2 aromatic heterocycles. The topological polar surface area (TPSA) is 75.4 Å². The highest BCUT2D eigenvalue weighted by atomic mass is 16.5. The van der Waals surface area contributed by atoms with Crippen molar-refractivity contribution in [1.29, 1.82) is 0 Å².